The van der Waals surface area contributed by atoms with Crippen LogP contribution in [0.2, 0.25) is 0 Å². The third-order valence-electron chi connectivity index (χ3n) is 11.8. The minimum atomic E-state index is -1.37. The van der Waals surface area contributed by atoms with Crippen LogP contribution in [0.15, 0.2) is 115 Å². The number of phenols is 2. The zero-order valence-electron chi connectivity index (χ0n) is 30.0. The molecule has 3 N–H and O–H groups in total. The first-order valence-corrected chi connectivity index (χ1v) is 18.3. The van der Waals surface area contributed by atoms with Gasteiger partial charge in [0.15, 0.2) is 11.5 Å². The van der Waals surface area contributed by atoms with Crippen molar-refractivity contribution < 1.29 is 34.1 Å². The smallest absolute Gasteiger partial charge is 0.260 e. The van der Waals surface area contributed by atoms with Crippen LogP contribution in [-0.4, -0.2) is 57.4 Å². The van der Waals surface area contributed by atoms with Gasteiger partial charge in [-0.2, -0.15) is 5.01 Å². The highest BCUT2D eigenvalue weighted by Crippen LogP contribution is 2.61. The van der Waals surface area contributed by atoms with Gasteiger partial charge in [0.1, 0.15) is 5.75 Å². The molecule has 0 radical (unpaired) electrons. The number of nitrogens with one attached hydrogen (secondary N) is 1. The summed E-state index contributed by atoms with van der Waals surface area (Å²) in [5.74, 6) is -4.11. The van der Waals surface area contributed by atoms with Crippen molar-refractivity contribution >= 4 is 35.4 Å². The maximum Gasteiger partial charge on any atom is 0.260 e. The molecule has 54 heavy (non-hydrogen) atoms. The number of anilines is 1. The summed E-state index contributed by atoms with van der Waals surface area (Å²) in [5.41, 5.74) is 6.51. The summed E-state index contributed by atoms with van der Waals surface area (Å²) in [6.45, 7) is 2.16. The van der Waals surface area contributed by atoms with Crippen LogP contribution in [0.1, 0.15) is 35.1 Å². The maximum atomic E-state index is 15.2. The van der Waals surface area contributed by atoms with Crippen molar-refractivity contribution in [3.8, 4) is 17.2 Å². The number of hydrazine groups is 1. The van der Waals surface area contributed by atoms with Crippen LogP contribution >= 0.6 is 0 Å². The molecule has 4 aromatic carbocycles. The van der Waals surface area contributed by atoms with Crippen LogP contribution in [0.5, 0.6) is 17.2 Å². The van der Waals surface area contributed by atoms with Gasteiger partial charge >= 0.3 is 0 Å². The van der Waals surface area contributed by atoms with Gasteiger partial charge in [0.2, 0.25) is 11.8 Å². The standard InChI is InChI=1S/C44H41N3O7/c1-26-8-14-30(15-9-26)45-47-41(51)36-25-34-32(18-19-33-39(34)42(52)46(40(33)50)23-22-27-10-16-31(48)17-11-27)35(20-12-28-13-21-37(49)38(24-28)54-2)44(36,43(47)53)29-6-4-3-5-7-29/h3-18,20-21,24,33-36,39,45,48-49H,19,22-23,25H2,1-2H3/t33-,34+,35-,36-,39-,44-/m0/s1. The molecule has 2 aliphatic carbocycles. The summed E-state index contributed by atoms with van der Waals surface area (Å²) in [6.07, 6.45) is 6.81. The van der Waals surface area contributed by atoms with Gasteiger partial charge in [-0.25, -0.2) is 0 Å². The summed E-state index contributed by atoms with van der Waals surface area (Å²) in [4.78, 5) is 59.7. The van der Waals surface area contributed by atoms with Gasteiger partial charge in [0.05, 0.1) is 36.0 Å². The Morgan fingerprint density at radius 1 is 0.870 bits per heavy atom. The second-order valence-corrected chi connectivity index (χ2v) is 14.7. The van der Waals surface area contributed by atoms with Crippen molar-refractivity contribution in [1.29, 1.82) is 0 Å². The number of carbonyl (C=O) groups is 4. The average molecular weight is 724 g/mol. The van der Waals surface area contributed by atoms with Gasteiger partial charge in [0.25, 0.3) is 11.8 Å². The van der Waals surface area contributed by atoms with Crippen LogP contribution in [0.25, 0.3) is 6.08 Å². The van der Waals surface area contributed by atoms with E-state index in [4.69, 9.17) is 4.74 Å². The van der Waals surface area contributed by atoms with Gasteiger partial charge in [0, 0.05) is 12.5 Å². The molecule has 2 saturated heterocycles. The van der Waals surface area contributed by atoms with Gasteiger partial charge in [-0.05, 0) is 85.2 Å². The van der Waals surface area contributed by atoms with E-state index in [1.165, 1.54) is 18.1 Å². The third-order valence-corrected chi connectivity index (χ3v) is 11.8. The number of aromatic hydroxyl groups is 2. The van der Waals surface area contributed by atoms with E-state index in [0.29, 0.717) is 29.7 Å². The number of ether oxygens (including phenoxy) is 1. The summed E-state index contributed by atoms with van der Waals surface area (Å²) in [7, 11) is 1.47. The van der Waals surface area contributed by atoms with Crippen molar-refractivity contribution in [2.75, 3.05) is 19.1 Å². The number of methoxy groups -OCH3 is 1. The number of rotatable bonds is 9. The number of nitrogens with zero attached hydrogens (tertiary/aromatic N) is 2. The average Bonchev–Trinajstić information content (AvgIpc) is 3.56. The molecule has 0 unspecified atom stereocenters. The fourth-order valence-corrected chi connectivity index (χ4v) is 9.19. The van der Waals surface area contributed by atoms with E-state index in [0.717, 1.165) is 21.7 Å². The van der Waals surface area contributed by atoms with Crippen molar-refractivity contribution in [2.24, 2.45) is 29.6 Å². The molecule has 2 heterocycles. The predicted molar refractivity (Wildman–Crippen MR) is 202 cm³/mol. The predicted octanol–water partition coefficient (Wildman–Crippen LogP) is 6.19. The number of benzene rings is 4. The van der Waals surface area contributed by atoms with Gasteiger partial charge in [-0.15, -0.1) is 0 Å². The van der Waals surface area contributed by atoms with Crippen molar-refractivity contribution in [3.63, 3.8) is 0 Å². The number of likely N-dealkylation sites (tertiary alicyclic amines) is 1. The zero-order chi connectivity index (χ0) is 37.7. The van der Waals surface area contributed by atoms with Crippen LogP contribution in [0, 0.1) is 36.5 Å². The zero-order valence-corrected chi connectivity index (χ0v) is 30.0. The van der Waals surface area contributed by atoms with E-state index >= 15 is 4.79 Å². The Bertz CT molecular complexity index is 2200. The molecule has 0 bridgehead atoms. The molecule has 8 rings (SSSR count). The maximum absolute atomic E-state index is 15.2. The summed E-state index contributed by atoms with van der Waals surface area (Å²) < 4.78 is 5.37. The fraction of sp³-hybridized carbons (Fsp3) is 0.273. The Labute approximate surface area is 313 Å². The molecule has 3 fully saturated rings. The lowest BCUT2D eigenvalue weighted by atomic mass is 9.50. The monoisotopic (exact) mass is 723 g/mol. The number of aryl methyl sites for hydroxylation is 1. The highest BCUT2D eigenvalue weighted by Gasteiger charge is 2.69. The molecule has 4 aromatic rings. The number of phenolic OH excluding ortho intramolecular Hbond substituents is 2. The highest BCUT2D eigenvalue weighted by atomic mass is 16.5. The van der Waals surface area contributed by atoms with Gasteiger partial charge in [-0.1, -0.05) is 90.0 Å². The fourth-order valence-electron chi connectivity index (χ4n) is 9.19. The number of hydrogen-bond donors (Lipinski definition) is 3. The number of fused-ring (bicyclic) bond motifs is 4. The van der Waals surface area contributed by atoms with Crippen LogP contribution < -0.4 is 10.2 Å². The Morgan fingerprint density at radius 2 is 1.61 bits per heavy atom. The first kappa shape index (κ1) is 34.9. The first-order valence-electron chi connectivity index (χ1n) is 18.3. The number of allylic oxidation sites excluding steroid dienone is 3. The summed E-state index contributed by atoms with van der Waals surface area (Å²) in [5, 5.41) is 21.2. The van der Waals surface area contributed by atoms with Crippen molar-refractivity contribution in [3.05, 3.63) is 137 Å². The second kappa shape index (κ2) is 13.7. The first-order chi connectivity index (χ1) is 26.1. The van der Waals surface area contributed by atoms with Gasteiger partial charge in [-0.3, -0.25) is 29.5 Å². The van der Waals surface area contributed by atoms with E-state index < -0.39 is 46.8 Å². The number of carbonyl (C=O) groups excluding carboxylic acids is 4. The second-order valence-electron chi connectivity index (χ2n) is 14.7. The Balaban J connectivity index is 1.23. The molecule has 0 aromatic heterocycles. The van der Waals surface area contributed by atoms with E-state index in [-0.39, 0.29) is 42.0 Å². The van der Waals surface area contributed by atoms with Crippen LogP contribution in [0.3, 0.4) is 0 Å². The van der Waals surface area contributed by atoms with Crippen molar-refractivity contribution in [2.45, 2.75) is 31.6 Å². The lowest BCUT2D eigenvalue weighted by molar-refractivity contribution is -0.141. The molecule has 274 valence electrons. The Kier molecular flexibility index (Phi) is 8.84. The largest absolute Gasteiger partial charge is 0.508 e. The molecule has 10 heteroatoms. The lowest BCUT2D eigenvalue weighted by Gasteiger charge is -2.49. The molecular weight excluding hydrogens is 682 g/mol. The van der Waals surface area contributed by atoms with Crippen LogP contribution in [0.4, 0.5) is 5.69 Å². The topological polar surface area (TPSA) is 136 Å². The Morgan fingerprint density at radius 3 is 2.33 bits per heavy atom. The van der Waals surface area contributed by atoms with Crippen LogP contribution in [-0.2, 0) is 31.0 Å². The molecule has 2 aliphatic heterocycles. The minimum Gasteiger partial charge on any atom is -0.508 e. The van der Waals surface area contributed by atoms with E-state index in [1.54, 1.807) is 36.4 Å². The third kappa shape index (κ3) is 5.64. The molecule has 6 atom stereocenters. The summed E-state index contributed by atoms with van der Waals surface area (Å²) in [6, 6.07) is 28.5. The molecule has 1 saturated carbocycles. The molecule has 0 spiro atoms. The number of amides is 4. The van der Waals surface area contributed by atoms with Crippen molar-refractivity contribution in [1.82, 2.24) is 9.91 Å². The molecule has 10 nitrogen and oxygen atoms in total. The van der Waals surface area contributed by atoms with E-state index in [2.05, 4.69) is 5.43 Å². The normalized spacial score (nSPS) is 26.1. The molecule has 4 amide bonds. The number of imide groups is 2. The van der Waals surface area contributed by atoms with Gasteiger partial charge < -0.3 is 14.9 Å². The minimum absolute atomic E-state index is 0.0111. The number of hydrogen-bond acceptors (Lipinski definition) is 8. The molecule has 4 aliphatic rings. The Hall–Kier alpha value is -6.16. The lowest BCUT2D eigenvalue weighted by Crippen LogP contribution is -2.54. The van der Waals surface area contributed by atoms with E-state index in [9.17, 15) is 24.6 Å². The van der Waals surface area contributed by atoms with E-state index in [1.807, 2.05) is 79.7 Å². The summed E-state index contributed by atoms with van der Waals surface area (Å²) >= 11 is 0. The highest BCUT2D eigenvalue weighted by molar-refractivity contribution is 6.13. The quantitative estimate of drug-likeness (QED) is 0.138. The molecular formula is C44H41N3O7. The SMILES string of the molecule is COc1cc(C=C[C@H]2C3=CC[C@@H]4C(=O)N(CCc5ccc(O)cc5)C(=O)[C@@H]4[C@@H]3C[C@H]3C(=O)N(Nc4ccc(C)cc4)C(=O)[C@@]23c2ccccc2)ccc1O.